The van der Waals surface area contributed by atoms with Crippen LogP contribution in [0, 0.1) is 6.92 Å². The van der Waals surface area contributed by atoms with Gasteiger partial charge in [-0.25, -0.2) is 0 Å². The van der Waals surface area contributed by atoms with Gasteiger partial charge in [-0.2, -0.15) is 0 Å². The molecule has 0 bridgehead atoms. The Bertz CT molecular complexity index is 1040. The Morgan fingerprint density at radius 2 is 1.92 bits per heavy atom. The fourth-order valence-corrected chi connectivity index (χ4v) is 4.02. The lowest BCUT2D eigenvalue weighted by Crippen LogP contribution is -2.26. The predicted molar refractivity (Wildman–Crippen MR) is 106 cm³/mol. The molecule has 0 unspecified atom stereocenters. The number of hydrogen-bond donors (Lipinski definition) is 1. The number of pyridine rings is 1. The first-order valence-electron chi connectivity index (χ1n) is 8.52. The first kappa shape index (κ1) is 16.5. The Hall–Kier alpha value is -2.92. The number of rotatable bonds is 5. The van der Waals surface area contributed by atoms with E-state index in [0.717, 1.165) is 15.9 Å². The van der Waals surface area contributed by atoms with Crippen LogP contribution in [0.1, 0.15) is 26.6 Å². The van der Waals surface area contributed by atoms with Crippen molar-refractivity contribution in [1.82, 2.24) is 14.9 Å². The highest BCUT2D eigenvalue weighted by Gasteiger charge is 2.17. The van der Waals surface area contributed by atoms with Gasteiger partial charge in [0.1, 0.15) is 5.69 Å². The molecule has 0 radical (unpaired) electrons. The Morgan fingerprint density at radius 1 is 1.12 bits per heavy atom. The van der Waals surface area contributed by atoms with Crippen LogP contribution < -0.4 is 5.32 Å². The summed E-state index contributed by atoms with van der Waals surface area (Å²) >= 11 is 1.72. The Balaban J connectivity index is 1.64. The number of amides is 1. The summed E-state index contributed by atoms with van der Waals surface area (Å²) in [5.41, 5.74) is 3.82. The van der Waals surface area contributed by atoms with Crippen molar-refractivity contribution in [3.8, 4) is 0 Å². The van der Waals surface area contributed by atoms with Crippen LogP contribution >= 0.6 is 11.3 Å². The van der Waals surface area contributed by atoms with Crippen LogP contribution in [-0.2, 0) is 13.1 Å². The largest absolute Gasteiger partial charge is 0.345 e. The third-order valence-electron chi connectivity index (χ3n) is 4.29. The summed E-state index contributed by atoms with van der Waals surface area (Å²) < 4.78 is 3.24. The highest BCUT2D eigenvalue weighted by Crippen LogP contribution is 2.29. The minimum Gasteiger partial charge on any atom is -0.345 e. The fourth-order valence-electron chi connectivity index (χ4n) is 3.05. The normalized spacial score (nSPS) is 11.0. The van der Waals surface area contributed by atoms with E-state index >= 15 is 0 Å². The third kappa shape index (κ3) is 3.39. The molecule has 3 heterocycles. The molecule has 4 aromatic rings. The molecule has 26 heavy (non-hydrogen) atoms. The number of hydrogen-bond acceptors (Lipinski definition) is 3. The SMILES string of the molecule is Cc1cc2c(cc(C(=O)NCc3ccccn3)n2Cc2ccccc2)s1. The summed E-state index contributed by atoms with van der Waals surface area (Å²) in [6.45, 7) is 3.19. The summed E-state index contributed by atoms with van der Waals surface area (Å²) in [6.07, 6.45) is 1.73. The molecule has 0 atom stereocenters. The highest BCUT2D eigenvalue weighted by atomic mass is 32.1. The van der Waals surface area contributed by atoms with Gasteiger partial charge in [-0.1, -0.05) is 36.4 Å². The second-order valence-corrected chi connectivity index (χ2v) is 7.50. The molecule has 0 spiro atoms. The summed E-state index contributed by atoms with van der Waals surface area (Å²) in [5, 5.41) is 2.99. The van der Waals surface area contributed by atoms with Gasteiger partial charge < -0.3 is 9.88 Å². The maximum absolute atomic E-state index is 12.8. The van der Waals surface area contributed by atoms with Crippen LogP contribution in [0.25, 0.3) is 10.2 Å². The molecule has 4 nitrogen and oxygen atoms in total. The third-order valence-corrected chi connectivity index (χ3v) is 5.27. The van der Waals surface area contributed by atoms with Gasteiger partial charge >= 0.3 is 0 Å². The zero-order valence-electron chi connectivity index (χ0n) is 14.5. The average Bonchev–Trinajstić information content (AvgIpc) is 3.19. The number of fused-ring (bicyclic) bond motifs is 1. The van der Waals surface area contributed by atoms with Gasteiger partial charge in [0.05, 0.1) is 22.5 Å². The lowest BCUT2D eigenvalue weighted by Gasteiger charge is -2.11. The summed E-state index contributed by atoms with van der Waals surface area (Å²) in [7, 11) is 0. The number of nitrogens with one attached hydrogen (secondary N) is 1. The van der Waals surface area contributed by atoms with E-state index in [-0.39, 0.29) is 5.91 Å². The quantitative estimate of drug-likeness (QED) is 0.573. The van der Waals surface area contributed by atoms with Crippen LogP contribution in [-0.4, -0.2) is 15.5 Å². The number of aromatic nitrogens is 2. The molecule has 1 amide bonds. The van der Waals surface area contributed by atoms with Crippen molar-refractivity contribution in [2.75, 3.05) is 0 Å². The minimum atomic E-state index is -0.0763. The molecule has 1 aromatic carbocycles. The topological polar surface area (TPSA) is 46.9 Å². The van der Waals surface area contributed by atoms with Gasteiger partial charge in [-0.05, 0) is 36.8 Å². The molecule has 1 N–H and O–H groups in total. The fraction of sp³-hybridized carbons (Fsp3) is 0.143. The van der Waals surface area contributed by atoms with Gasteiger partial charge in [0, 0.05) is 17.6 Å². The molecule has 0 saturated heterocycles. The zero-order chi connectivity index (χ0) is 17.9. The van der Waals surface area contributed by atoms with Crippen LogP contribution in [0.4, 0.5) is 0 Å². The maximum Gasteiger partial charge on any atom is 0.268 e. The first-order valence-corrected chi connectivity index (χ1v) is 9.34. The number of carbonyl (C=O) groups excluding carboxylic acids is 1. The maximum atomic E-state index is 12.8. The number of benzene rings is 1. The Labute approximate surface area is 156 Å². The summed E-state index contributed by atoms with van der Waals surface area (Å²) in [4.78, 5) is 18.3. The molecule has 0 fully saturated rings. The van der Waals surface area contributed by atoms with E-state index in [9.17, 15) is 4.79 Å². The van der Waals surface area contributed by atoms with E-state index in [0.29, 0.717) is 18.8 Å². The minimum absolute atomic E-state index is 0.0763. The summed E-state index contributed by atoms with van der Waals surface area (Å²) in [5.74, 6) is -0.0763. The van der Waals surface area contributed by atoms with Gasteiger partial charge in [0.15, 0.2) is 0 Å². The second-order valence-electron chi connectivity index (χ2n) is 6.21. The van der Waals surface area contributed by atoms with Gasteiger partial charge in [-0.15, -0.1) is 11.3 Å². The van der Waals surface area contributed by atoms with Crippen molar-refractivity contribution >= 4 is 27.5 Å². The molecule has 3 aromatic heterocycles. The predicted octanol–water partition coefficient (Wildman–Crippen LogP) is 4.38. The van der Waals surface area contributed by atoms with E-state index in [1.807, 2.05) is 42.5 Å². The monoisotopic (exact) mass is 361 g/mol. The molecular formula is C21H19N3OS. The molecule has 0 aliphatic rings. The van der Waals surface area contributed by atoms with E-state index in [2.05, 4.69) is 40.0 Å². The Kier molecular flexibility index (Phi) is 4.54. The van der Waals surface area contributed by atoms with Crippen LogP contribution in [0.15, 0.2) is 66.9 Å². The van der Waals surface area contributed by atoms with E-state index in [1.54, 1.807) is 17.5 Å². The smallest absolute Gasteiger partial charge is 0.268 e. The van der Waals surface area contributed by atoms with Gasteiger partial charge in [-0.3, -0.25) is 9.78 Å². The molecule has 130 valence electrons. The van der Waals surface area contributed by atoms with E-state index in [1.165, 1.54) is 10.4 Å². The van der Waals surface area contributed by atoms with Crippen molar-refractivity contribution in [2.45, 2.75) is 20.0 Å². The Morgan fingerprint density at radius 3 is 2.69 bits per heavy atom. The number of thiophene rings is 1. The highest BCUT2D eigenvalue weighted by molar-refractivity contribution is 7.19. The van der Waals surface area contributed by atoms with E-state index < -0.39 is 0 Å². The van der Waals surface area contributed by atoms with Crippen molar-refractivity contribution in [2.24, 2.45) is 0 Å². The number of carbonyl (C=O) groups is 1. The first-order chi connectivity index (χ1) is 12.7. The van der Waals surface area contributed by atoms with Crippen LogP contribution in [0.2, 0.25) is 0 Å². The average molecular weight is 361 g/mol. The van der Waals surface area contributed by atoms with Crippen molar-refractivity contribution in [3.05, 3.63) is 88.7 Å². The van der Waals surface area contributed by atoms with E-state index in [4.69, 9.17) is 0 Å². The number of nitrogens with zero attached hydrogens (tertiary/aromatic N) is 2. The van der Waals surface area contributed by atoms with Gasteiger partial charge in [0.25, 0.3) is 5.91 Å². The summed E-state index contributed by atoms with van der Waals surface area (Å²) in [6, 6.07) is 20.1. The number of aryl methyl sites for hydroxylation is 1. The molecule has 4 rings (SSSR count). The second kappa shape index (κ2) is 7.14. The lowest BCUT2D eigenvalue weighted by atomic mass is 10.2. The van der Waals surface area contributed by atoms with Crippen molar-refractivity contribution in [1.29, 1.82) is 0 Å². The molecule has 5 heteroatoms. The standard InChI is InChI=1S/C21H19N3OS/c1-15-11-18-20(26-15)12-19(24(18)14-16-7-3-2-4-8-16)21(25)23-13-17-9-5-6-10-22-17/h2-12H,13-14H2,1H3,(H,23,25). The van der Waals surface area contributed by atoms with Crippen molar-refractivity contribution in [3.63, 3.8) is 0 Å². The van der Waals surface area contributed by atoms with Crippen LogP contribution in [0.3, 0.4) is 0 Å². The molecule has 0 aliphatic carbocycles. The van der Waals surface area contributed by atoms with Gasteiger partial charge in [0.2, 0.25) is 0 Å². The van der Waals surface area contributed by atoms with Crippen molar-refractivity contribution < 1.29 is 4.79 Å². The molecule has 0 saturated carbocycles. The zero-order valence-corrected chi connectivity index (χ0v) is 15.3. The molecule has 0 aliphatic heterocycles. The molecular weight excluding hydrogens is 342 g/mol. The lowest BCUT2D eigenvalue weighted by molar-refractivity contribution is 0.0942. The van der Waals surface area contributed by atoms with Crippen LogP contribution in [0.5, 0.6) is 0 Å².